The third kappa shape index (κ3) is 5.56. The quantitative estimate of drug-likeness (QED) is 0.466. The van der Waals surface area contributed by atoms with Crippen LogP contribution in [0.2, 0.25) is 0 Å². The maximum atomic E-state index is 12.0. The van der Waals surface area contributed by atoms with Gasteiger partial charge in [0.2, 0.25) is 5.91 Å². The van der Waals surface area contributed by atoms with Gasteiger partial charge in [-0.25, -0.2) is 0 Å². The van der Waals surface area contributed by atoms with E-state index in [1.54, 1.807) is 0 Å². The number of amides is 2. The molecular weight excluding hydrogens is 262 g/mol. The average Bonchev–Trinajstić information content (AvgIpc) is 2.88. The van der Waals surface area contributed by atoms with Crippen LogP contribution < -0.4 is 21.1 Å². The van der Waals surface area contributed by atoms with Crippen molar-refractivity contribution in [1.82, 2.24) is 10.6 Å². The molecule has 2 atom stereocenters. The Bertz CT molecular complexity index is 365. The van der Waals surface area contributed by atoms with Crippen molar-refractivity contribution >= 4 is 17.8 Å². The van der Waals surface area contributed by atoms with Crippen LogP contribution in [0.3, 0.4) is 0 Å². The number of rotatable bonds is 7. The van der Waals surface area contributed by atoms with Gasteiger partial charge in [0.05, 0.1) is 19.1 Å². The van der Waals surface area contributed by atoms with Crippen molar-refractivity contribution in [3.63, 3.8) is 0 Å². The summed E-state index contributed by atoms with van der Waals surface area (Å²) in [5.74, 6) is -1.77. The Balaban J connectivity index is 2.55. The van der Waals surface area contributed by atoms with E-state index in [1.807, 2.05) is 19.2 Å². The third-order valence-electron chi connectivity index (χ3n) is 3.25. The molecule has 114 valence electrons. The molecule has 2 amide bonds. The SMILES string of the molecule is CC(C)C[C@@H](NC(=O)[C@H]1CCC[NH2+]1)C(=O)NCC(=O)[O-]. The largest absolute Gasteiger partial charge is 0.548 e. The van der Waals surface area contributed by atoms with Crippen molar-refractivity contribution in [3.8, 4) is 0 Å². The fourth-order valence-electron chi connectivity index (χ4n) is 2.28. The van der Waals surface area contributed by atoms with Crippen molar-refractivity contribution in [2.24, 2.45) is 5.92 Å². The number of quaternary nitrogens is 1. The highest BCUT2D eigenvalue weighted by molar-refractivity contribution is 5.90. The van der Waals surface area contributed by atoms with Gasteiger partial charge in [-0.2, -0.15) is 0 Å². The number of carbonyl (C=O) groups is 3. The van der Waals surface area contributed by atoms with Gasteiger partial charge in [0.1, 0.15) is 6.04 Å². The Morgan fingerprint density at radius 1 is 1.35 bits per heavy atom. The van der Waals surface area contributed by atoms with Gasteiger partial charge in [-0.3, -0.25) is 9.59 Å². The van der Waals surface area contributed by atoms with E-state index in [1.165, 1.54) is 0 Å². The minimum Gasteiger partial charge on any atom is -0.548 e. The number of aliphatic carboxylic acids is 1. The van der Waals surface area contributed by atoms with Gasteiger partial charge in [-0.1, -0.05) is 13.8 Å². The van der Waals surface area contributed by atoms with E-state index >= 15 is 0 Å². The van der Waals surface area contributed by atoms with Crippen molar-refractivity contribution in [2.45, 2.75) is 45.2 Å². The monoisotopic (exact) mass is 285 g/mol. The molecule has 1 aliphatic rings. The van der Waals surface area contributed by atoms with Gasteiger partial charge in [0.15, 0.2) is 6.04 Å². The minimum atomic E-state index is -1.35. The summed E-state index contributed by atoms with van der Waals surface area (Å²) in [6, 6.07) is -0.838. The molecule has 0 bridgehead atoms. The summed E-state index contributed by atoms with van der Waals surface area (Å²) in [7, 11) is 0. The Morgan fingerprint density at radius 3 is 2.55 bits per heavy atom. The maximum Gasteiger partial charge on any atom is 0.278 e. The number of hydrogen-bond donors (Lipinski definition) is 3. The van der Waals surface area contributed by atoms with Gasteiger partial charge in [0.25, 0.3) is 5.91 Å². The number of carboxylic acid groups (broad SMARTS) is 1. The molecular formula is C13H23N3O4. The highest BCUT2D eigenvalue weighted by atomic mass is 16.4. The second-order valence-corrected chi connectivity index (χ2v) is 5.55. The zero-order valence-electron chi connectivity index (χ0n) is 12.0. The first kappa shape index (κ1) is 16.4. The second-order valence-electron chi connectivity index (χ2n) is 5.55. The normalized spacial score (nSPS) is 19.6. The second kappa shape index (κ2) is 7.84. The van der Waals surface area contributed by atoms with E-state index < -0.39 is 24.5 Å². The number of carbonyl (C=O) groups excluding carboxylic acids is 3. The van der Waals surface area contributed by atoms with Crippen LogP contribution in [-0.4, -0.2) is 43.0 Å². The molecule has 20 heavy (non-hydrogen) atoms. The zero-order chi connectivity index (χ0) is 15.1. The van der Waals surface area contributed by atoms with E-state index in [4.69, 9.17) is 0 Å². The van der Waals surface area contributed by atoms with Gasteiger partial charge in [0, 0.05) is 12.8 Å². The van der Waals surface area contributed by atoms with Crippen LogP contribution in [0.25, 0.3) is 0 Å². The van der Waals surface area contributed by atoms with Crippen molar-refractivity contribution in [2.75, 3.05) is 13.1 Å². The summed E-state index contributed by atoms with van der Waals surface area (Å²) >= 11 is 0. The van der Waals surface area contributed by atoms with Crippen LogP contribution in [-0.2, 0) is 14.4 Å². The number of nitrogens with one attached hydrogen (secondary N) is 2. The maximum absolute atomic E-state index is 12.0. The molecule has 0 aromatic carbocycles. The van der Waals surface area contributed by atoms with Gasteiger partial charge < -0.3 is 25.9 Å². The first-order valence-corrected chi connectivity index (χ1v) is 7.01. The van der Waals surface area contributed by atoms with Crippen molar-refractivity contribution in [3.05, 3.63) is 0 Å². The smallest absolute Gasteiger partial charge is 0.278 e. The fourth-order valence-corrected chi connectivity index (χ4v) is 2.28. The molecule has 0 spiro atoms. The van der Waals surface area contributed by atoms with E-state index in [9.17, 15) is 19.5 Å². The summed E-state index contributed by atoms with van der Waals surface area (Å²) in [6.07, 6.45) is 2.27. The summed E-state index contributed by atoms with van der Waals surface area (Å²) in [4.78, 5) is 34.3. The first-order valence-electron chi connectivity index (χ1n) is 7.01. The Hall–Kier alpha value is -1.63. The van der Waals surface area contributed by atoms with Crippen molar-refractivity contribution in [1.29, 1.82) is 0 Å². The van der Waals surface area contributed by atoms with Gasteiger partial charge >= 0.3 is 0 Å². The predicted molar refractivity (Wildman–Crippen MR) is 69.2 cm³/mol. The molecule has 1 aliphatic heterocycles. The van der Waals surface area contributed by atoms with Gasteiger partial charge in [-0.05, 0) is 12.3 Å². The molecule has 4 N–H and O–H groups in total. The van der Waals surface area contributed by atoms with E-state index in [2.05, 4.69) is 10.6 Å². The summed E-state index contributed by atoms with van der Waals surface area (Å²) in [6.45, 7) is 4.25. The lowest BCUT2D eigenvalue weighted by atomic mass is 10.0. The fraction of sp³-hybridized carbons (Fsp3) is 0.769. The molecule has 1 saturated heterocycles. The van der Waals surface area contributed by atoms with Crippen LogP contribution >= 0.6 is 0 Å². The van der Waals surface area contributed by atoms with E-state index in [-0.39, 0.29) is 17.9 Å². The molecule has 0 aromatic rings. The predicted octanol–water partition coefficient (Wildman–Crippen LogP) is -2.89. The average molecular weight is 285 g/mol. The number of hydrogen-bond acceptors (Lipinski definition) is 4. The summed E-state index contributed by atoms with van der Waals surface area (Å²) < 4.78 is 0. The molecule has 1 rings (SSSR count). The van der Waals surface area contributed by atoms with Gasteiger partial charge in [-0.15, -0.1) is 0 Å². The van der Waals surface area contributed by atoms with Crippen LogP contribution in [0.1, 0.15) is 33.1 Å². The Morgan fingerprint density at radius 2 is 2.05 bits per heavy atom. The summed E-state index contributed by atoms with van der Waals surface area (Å²) in [5, 5.41) is 17.3. The lowest BCUT2D eigenvalue weighted by Gasteiger charge is -2.21. The van der Waals surface area contributed by atoms with E-state index in [0.717, 1.165) is 19.4 Å². The molecule has 0 saturated carbocycles. The van der Waals surface area contributed by atoms with Crippen LogP contribution in [0, 0.1) is 5.92 Å². The number of carboxylic acids is 1. The standard InChI is InChI=1S/C13H23N3O4/c1-8(2)6-10(12(19)15-7-11(17)18)16-13(20)9-4-3-5-14-9/h8-10,14H,3-7H2,1-2H3,(H,15,19)(H,16,20)(H,17,18)/t9-,10-/m1/s1. The molecule has 7 nitrogen and oxygen atoms in total. The molecule has 1 heterocycles. The topological polar surface area (TPSA) is 115 Å². The third-order valence-corrected chi connectivity index (χ3v) is 3.25. The molecule has 0 unspecified atom stereocenters. The highest BCUT2D eigenvalue weighted by Crippen LogP contribution is 2.06. The van der Waals surface area contributed by atoms with Crippen LogP contribution in [0.15, 0.2) is 0 Å². The van der Waals surface area contributed by atoms with E-state index in [0.29, 0.717) is 6.42 Å². The molecule has 0 radical (unpaired) electrons. The molecule has 0 aliphatic carbocycles. The zero-order valence-corrected chi connectivity index (χ0v) is 12.0. The first-order chi connectivity index (χ1) is 9.40. The minimum absolute atomic E-state index is 0.140. The lowest BCUT2D eigenvalue weighted by molar-refractivity contribution is -0.657. The lowest BCUT2D eigenvalue weighted by Crippen LogP contribution is -2.89. The van der Waals surface area contributed by atoms with Crippen LogP contribution in [0.4, 0.5) is 0 Å². The molecule has 1 fully saturated rings. The molecule has 0 aromatic heterocycles. The Labute approximate surface area is 118 Å². The molecule has 7 heteroatoms. The number of nitrogens with two attached hydrogens (primary N) is 1. The highest BCUT2D eigenvalue weighted by Gasteiger charge is 2.30. The van der Waals surface area contributed by atoms with Crippen LogP contribution in [0.5, 0.6) is 0 Å². The van der Waals surface area contributed by atoms with Crippen molar-refractivity contribution < 1.29 is 24.8 Å². The Kier molecular flexibility index (Phi) is 6.44. The summed E-state index contributed by atoms with van der Waals surface area (Å²) in [5.41, 5.74) is 0.